The molecule has 1 fully saturated rings. The van der Waals surface area contributed by atoms with Crippen molar-refractivity contribution in [2.75, 3.05) is 5.32 Å². The molecular weight excluding hydrogens is 466 g/mol. The summed E-state index contributed by atoms with van der Waals surface area (Å²) in [5.41, 5.74) is 0.304. The molecule has 1 amide bonds. The Bertz CT molecular complexity index is 1120. The lowest BCUT2D eigenvalue weighted by atomic mass is 10.1. The number of hydrogen-bond acceptors (Lipinski definition) is 3. The van der Waals surface area contributed by atoms with Gasteiger partial charge in [-0.2, -0.15) is 23.4 Å². The highest BCUT2D eigenvalue weighted by molar-refractivity contribution is 6.35. The molecule has 0 bridgehead atoms. The maximum Gasteiger partial charge on any atom is 0.435 e. The largest absolute Gasteiger partial charge is 0.435 e. The summed E-state index contributed by atoms with van der Waals surface area (Å²) in [5, 5.41) is 11.7. The van der Waals surface area contributed by atoms with E-state index in [4.69, 9.17) is 23.2 Å². The van der Waals surface area contributed by atoms with E-state index in [1.54, 1.807) is 42.1 Å². The second-order valence-corrected chi connectivity index (χ2v) is 8.71. The minimum atomic E-state index is -4.52. The average molecular weight is 486 g/mol. The summed E-state index contributed by atoms with van der Waals surface area (Å²) < 4.78 is 42.1. The van der Waals surface area contributed by atoms with Crippen molar-refractivity contribution in [1.82, 2.24) is 19.6 Å². The van der Waals surface area contributed by atoms with Gasteiger partial charge >= 0.3 is 6.18 Å². The average Bonchev–Trinajstić information content (AvgIpc) is 3.31. The molecule has 1 aromatic carbocycles. The van der Waals surface area contributed by atoms with E-state index in [0.717, 1.165) is 18.9 Å². The first kappa shape index (κ1) is 22.7. The number of rotatable bonds is 7. The van der Waals surface area contributed by atoms with E-state index in [-0.39, 0.29) is 18.4 Å². The number of carbonyl (C=O) groups is 1. The number of amides is 1. The number of hydrogen-bond donors (Lipinski definition) is 1. The number of nitrogens with zero attached hydrogens (tertiary/aromatic N) is 4. The third kappa shape index (κ3) is 5.10. The van der Waals surface area contributed by atoms with Gasteiger partial charge in [-0.05, 0) is 31.0 Å². The number of aromatic nitrogens is 4. The van der Waals surface area contributed by atoms with Gasteiger partial charge in [-0.15, -0.1) is 0 Å². The number of nitrogens with one attached hydrogen (secondary N) is 1. The van der Waals surface area contributed by atoms with Crippen LogP contribution in [0.1, 0.15) is 42.6 Å². The van der Waals surface area contributed by atoms with Gasteiger partial charge in [0.1, 0.15) is 0 Å². The maximum atomic E-state index is 13.1. The maximum absolute atomic E-state index is 13.1. The summed E-state index contributed by atoms with van der Waals surface area (Å²) in [7, 11) is 0. The predicted octanol–water partition coefficient (Wildman–Crippen LogP) is 5.61. The fourth-order valence-electron chi connectivity index (χ4n) is 3.38. The van der Waals surface area contributed by atoms with Crippen LogP contribution in [0.15, 0.2) is 36.5 Å². The van der Waals surface area contributed by atoms with Gasteiger partial charge in [0.15, 0.2) is 11.5 Å². The molecule has 0 aliphatic heterocycles. The second-order valence-electron chi connectivity index (χ2n) is 7.90. The summed E-state index contributed by atoms with van der Waals surface area (Å²) in [4.78, 5) is 12.6. The number of carbonyl (C=O) groups excluding carboxylic acids is 1. The Morgan fingerprint density at radius 1 is 1.22 bits per heavy atom. The molecule has 4 rings (SSSR count). The van der Waals surface area contributed by atoms with Gasteiger partial charge in [-0.25, -0.2) is 0 Å². The molecule has 2 heterocycles. The molecule has 32 heavy (non-hydrogen) atoms. The lowest BCUT2D eigenvalue weighted by Gasteiger charge is -2.13. The third-order valence-electron chi connectivity index (χ3n) is 5.27. The monoisotopic (exact) mass is 485 g/mol. The highest BCUT2D eigenvalue weighted by Gasteiger charge is 2.38. The zero-order valence-corrected chi connectivity index (χ0v) is 18.5. The highest BCUT2D eigenvalue weighted by atomic mass is 35.5. The fourth-order valence-corrected chi connectivity index (χ4v) is 3.89. The van der Waals surface area contributed by atoms with Gasteiger partial charge in [0.25, 0.3) is 0 Å². The summed E-state index contributed by atoms with van der Waals surface area (Å²) in [6.45, 7) is 2.01. The molecule has 1 saturated carbocycles. The first-order chi connectivity index (χ1) is 15.1. The Hall–Kier alpha value is -2.52. The van der Waals surface area contributed by atoms with Crippen LogP contribution in [0.4, 0.5) is 19.0 Å². The van der Waals surface area contributed by atoms with Crippen LogP contribution in [-0.4, -0.2) is 25.5 Å². The Kier molecular flexibility index (Phi) is 6.22. The molecular formula is C21H20Cl2F3N5O. The minimum absolute atomic E-state index is 0.0453. The topological polar surface area (TPSA) is 64.7 Å². The van der Waals surface area contributed by atoms with E-state index < -0.39 is 17.8 Å². The van der Waals surface area contributed by atoms with Gasteiger partial charge < -0.3 is 5.32 Å². The molecule has 1 aliphatic carbocycles. The highest BCUT2D eigenvalue weighted by Crippen LogP contribution is 2.42. The summed E-state index contributed by atoms with van der Waals surface area (Å²) in [6.07, 6.45) is -1.18. The first-order valence-electron chi connectivity index (χ1n) is 10.0. The summed E-state index contributed by atoms with van der Waals surface area (Å²) in [5.74, 6) is -0.585. The third-order valence-corrected chi connectivity index (χ3v) is 5.97. The Morgan fingerprint density at radius 2 is 1.91 bits per heavy atom. The molecule has 0 saturated heterocycles. The summed E-state index contributed by atoms with van der Waals surface area (Å²) >= 11 is 12.4. The molecule has 3 aromatic rings. The van der Waals surface area contributed by atoms with Crippen LogP contribution in [0.3, 0.4) is 0 Å². The zero-order chi connectivity index (χ0) is 23.0. The van der Waals surface area contributed by atoms with Crippen molar-refractivity contribution in [2.45, 2.75) is 44.9 Å². The number of benzene rings is 1. The van der Waals surface area contributed by atoms with Gasteiger partial charge in [-0.3, -0.25) is 14.2 Å². The molecule has 2 aromatic heterocycles. The van der Waals surface area contributed by atoms with Crippen LogP contribution in [-0.2, 0) is 24.1 Å². The normalized spacial score (nSPS) is 15.1. The molecule has 170 valence electrons. The van der Waals surface area contributed by atoms with Crippen LogP contribution in [0.5, 0.6) is 0 Å². The van der Waals surface area contributed by atoms with Crippen LogP contribution >= 0.6 is 23.2 Å². The van der Waals surface area contributed by atoms with Crippen LogP contribution in [0.2, 0.25) is 10.0 Å². The second kappa shape index (κ2) is 8.78. The quantitative estimate of drug-likeness (QED) is 0.473. The SMILES string of the molecule is CC(Cn1nc(C(F)(F)F)cc1C1CC1)C(=O)Nc1ccn(Cc2c(Cl)cccc2Cl)n1. The number of anilines is 1. The molecule has 1 unspecified atom stereocenters. The molecule has 1 N–H and O–H groups in total. The fraction of sp³-hybridized carbons (Fsp3) is 0.381. The van der Waals surface area contributed by atoms with Crippen molar-refractivity contribution in [3.8, 4) is 0 Å². The zero-order valence-electron chi connectivity index (χ0n) is 17.0. The van der Waals surface area contributed by atoms with E-state index >= 15 is 0 Å². The Labute approximate surface area is 192 Å². The Balaban J connectivity index is 1.41. The molecule has 6 nitrogen and oxygen atoms in total. The van der Waals surface area contributed by atoms with Crippen molar-refractivity contribution in [1.29, 1.82) is 0 Å². The van der Waals surface area contributed by atoms with E-state index in [2.05, 4.69) is 15.5 Å². The molecule has 1 atom stereocenters. The van der Waals surface area contributed by atoms with E-state index in [0.29, 0.717) is 33.7 Å². The van der Waals surface area contributed by atoms with Crippen LogP contribution in [0.25, 0.3) is 0 Å². The van der Waals surface area contributed by atoms with Crippen molar-refractivity contribution in [3.05, 3.63) is 63.5 Å². The van der Waals surface area contributed by atoms with Crippen molar-refractivity contribution >= 4 is 34.9 Å². The van der Waals surface area contributed by atoms with Crippen LogP contribution in [0, 0.1) is 5.92 Å². The van der Waals surface area contributed by atoms with Gasteiger partial charge in [0, 0.05) is 39.5 Å². The van der Waals surface area contributed by atoms with Gasteiger partial charge in [-0.1, -0.05) is 36.2 Å². The predicted molar refractivity (Wildman–Crippen MR) is 115 cm³/mol. The van der Waals surface area contributed by atoms with E-state index in [1.165, 1.54) is 4.68 Å². The van der Waals surface area contributed by atoms with E-state index in [1.807, 2.05) is 0 Å². The smallest absolute Gasteiger partial charge is 0.309 e. The standard InChI is InChI=1S/C21H20Cl2F3N5O/c1-12(10-31-17(13-5-6-13)9-18(28-31)21(24,25)26)20(32)27-19-7-8-30(29-19)11-14-15(22)3-2-4-16(14)23/h2-4,7-9,12-13H,5-6,10-11H2,1H3,(H,27,29,32). The number of alkyl halides is 3. The summed E-state index contributed by atoms with van der Waals surface area (Å²) in [6, 6.07) is 7.92. The number of halogens is 5. The molecule has 11 heteroatoms. The molecule has 0 spiro atoms. The van der Waals surface area contributed by atoms with Gasteiger partial charge in [0.05, 0.1) is 19.0 Å². The first-order valence-corrected chi connectivity index (χ1v) is 10.8. The van der Waals surface area contributed by atoms with Gasteiger partial charge in [0.2, 0.25) is 5.91 Å². The lowest BCUT2D eigenvalue weighted by molar-refractivity contribution is -0.141. The lowest BCUT2D eigenvalue weighted by Crippen LogP contribution is -2.26. The van der Waals surface area contributed by atoms with Crippen molar-refractivity contribution < 1.29 is 18.0 Å². The van der Waals surface area contributed by atoms with Crippen LogP contribution < -0.4 is 5.32 Å². The van der Waals surface area contributed by atoms with E-state index in [9.17, 15) is 18.0 Å². The van der Waals surface area contributed by atoms with Crippen molar-refractivity contribution in [3.63, 3.8) is 0 Å². The minimum Gasteiger partial charge on any atom is -0.309 e. The van der Waals surface area contributed by atoms with Crippen molar-refractivity contribution in [2.24, 2.45) is 5.92 Å². The molecule has 1 aliphatic rings. The molecule has 0 radical (unpaired) electrons. The Morgan fingerprint density at radius 3 is 2.53 bits per heavy atom.